The maximum atomic E-state index is 14.1. The molecule has 0 aliphatic carbocycles. The minimum absolute atomic E-state index is 0.00337. The normalized spacial score (nSPS) is 15.2. The topological polar surface area (TPSA) is 435 Å². The lowest BCUT2D eigenvalue weighted by molar-refractivity contribution is -0.142. The van der Waals surface area contributed by atoms with Crippen molar-refractivity contribution in [2.75, 3.05) is 24.7 Å². The number of carboxylic acid groups (broad SMARTS) is 1. The standard InChI is InChI=1S/C48H80N12O14S2/c1-23(2)16-31(43(68)56-34(19-37(51)63)45(70)59-36(22-76)48(73)74)55-46(71)35(20-61)58-44(69)32(17-24(3)4)57-47(72)38(25(5)6)60-41(66)30(10-8-9-15-49)53-39(64)26(7)52-42(67)33(54-40(65)29(50)21-75)18-27-11-13-28(62)14-12-27/h11-14,23-26,29-36,38,61-62,75-76H,8-10,15-22,49-50H2,1-7H3,(H2,51,63)(H,52,67)(H,53,64)(H,54,65)(H,55,71)(H,56,68)(H,57,72)(H,58,69)(H,59,70)(H,60,66)(H,73,74)/t26-,29-,30-,31-,32-,33-,34-,35-,36-,38-/m0/s1. The Balaban J connectivity index is 3.32. The molecule has 0 saturated heterocycles. The van der Waals surface area contributed by atoms with Crippen molar-refractivity contribution in [2.45, 2.75) is 154 Å². The number of nitrogens with one attached hydrogen (secondary N) is 9. The number of amides is 10. The number of nitrogens with two attached hydrogens (primary N) is 3. The quantitative estimate of drug-likeness (QED) is 0.0230. The summed E-state index contributed by atoms with van der Waals surface area (Å²) in [5.74, 6) is -11.9. The van der Waals surface area contributed by atoms with Gasteiger partial charge in [-0.1, -0.05) is 53.7 Å². The zero-order valence-electron chi connectivity index (χ0n) is 44.1. The average Bonchev–Trinajstić information content (AvgIpc) is 3.34. The fourth-order valence-corrected chi connectivity index (χ4v) is 7.63. The lowest BCUT2D eigenvalue weighted by Crippen LogP contribution is -2.61. The van der Waals surface area contributed by atoms with Gasteiger partial charge in [-0.15, -0.1) is 0 Å². The van der Waals surface area contributed by atoms with Gasteiger partial charge in [0.05, 0.1) is 19.1 Å². The van der Waals surface area contributed by atoms with Gasteiger partial charge in [0.1, 0.15) is 60.1 Å². The van der Waals surface area contributed by atoms with E-state index in [9.17, 15) is 68.1 Å². The predicted molar refractivity (Wildman–Crippen MR) is 286 cm³/mol. The molecule has 10 atom stereocenters. The highest BCUT2D eigenvalue weighted by Crippen LogP contribution is 2.14. The number of phenolic OH excluding ortho intramolecular Hbond substituents is 1. The molecule has 1 aromatic carbocycles. The van der Waals surface area contributed by atoms with Gasteiger partial charge in [-0.2, -0.15) is 25.3 Å². The van der Waals surface area contributed by atoms with Crippen molar-refractivity contribution in [2.24, 2.45) is 35.0 Å². The number of carbonyl (C=O) groups is 11. The molecule has 0 aromatic heterocycles. The van der Waals surface area contributed by atoms with Crippen LogP contribution in [-0.4, -0.2) is 165 Å². The molecular formula is C48H80N12O14S2. The number of primary amides is 1. The summed E-state index contributed by atoms with van der Waals surface area (Å²) in [6.45, 7) is 10.8. The molecule has 10 amide bonds. The number of unbranched alkanes of at least 4 members (excludes halogenated alkanes) is 1. The number of benzene rings is 1. The Kier molecular flexibility index (Phi) is 30.7. The molecule has 428 valence electrons. The number of thiol groups is 2. The summed E-state index contributed by atoms with van der Waals surface area (Å²) in [6, 6.07) is -7.86. The maximum Gasteiger partial charge on any atom is 0.327 e. The van der Waals surface area contributed by atoms with Crippen LogP contribution in [0.2, 0.25) is 0 Å². The smallest absolute Gasteiger partial charge is 0.327 e. The minimum Gasteiger partial charge on any atom is -0.508 e. The summed E-state index contributed by atoms with van der Waals surface area (Å²) >= 11 is 7.93. The summed E-state index contributed by atoms with van der Waals surface area (Å²) < 4.78 is 0. The van der Waals surface area contributed by atoms with E-state index in [1.165, 1.54) is 19.1 Å². The Morgan fingerprint density at radius 1 is 0.539 bits per heavy atom. The number of aliphatic hydroxyl groups excluding tert-OH is 1. The molecule has 1 rings (SSSR count). The van der Waals surface area contributed by atoms with E-state index in [0.29, 0.717) is 18.4 Å². The molecular weight excluding hydrogens is 1030 g/mol. The molecule has 1 aromatic rings. The zero-order chi connectivity index (χ0) is 58.0. The molecule has 0 unspecified atom stereocenters. The highest BCUT2D eigenvalue weighted by molar-refractivity contribution is 7.80. The summed E-state index contributed by atoms with van der Waals surface area (Å²) in [7, 11) is 0. The molecule has 0 aliphatic heterocycles. The lowest BCUT2D eigenvalue weighted by Gasteiger charge is -2.29. The van der Waals surface area contributed by atoms with Crippen molar-refractivity contribution in [1.29, 1.82) is 0 Å². The number of carboxylic acids is 1. The van der Waals surface area contributed by atoms with Crippen LogP contribution in [0.5, 0.6) is 5.75 Å². The summed E-state index contributed by atoms with van der Waals surface area (Å²) in [4.78, 5) is 145. The second kappa shape index (κ2) is 34.4. The first-order chi connectivity index (χ1) is 35.6. The van der Waals surface area contributed by atoms with Gasteiger partial charge in [0.2, 0.25) is 59.1 Å². The van der Waals surface area contributed by atoms with E-state index < -0.39 is 144 Å². The first kappa shape index (κ1) is 67.8. The van der Waals surface area contributed by atoms with Crippen molar-refractivity contribution >= 4 is 90.3 Å². The molecule has 0 heterocycles. The van der Waals surface area contributed by atoms with Crippen LogP contribution in [-0.2, 0) is 59.2 Å². The Morgan fingerprint density at radius 2 is 0.987 bits per heavy atom. The molecule has 26 nitrogen and oxygen atoms in total. The van der Waals surface area contributed by atoms with Gasteiger partial charge in [0, 0.05) is 17.9 Å². The number of hydrogen-bond donors (Lipinski definition) is 17. The third-order valence-corrected chi connectivity index (χ3v) is 12.2. The maximum absolute atomic E-state index is 14.1. The van der Waals surface area contributed by atoms with Gasteiger partial charge in [-0.25, -0.2) is 4.79 Å². The SMILES string of the molecule is CC(C)C[C@H](NC(=O)[C@H](CO)NC(=O)[C@H](CC(C)C)NC(=O)[C@@H](NC(=O)[C@H](CCCCN)NC(=O)[C@H](C)NC(=O)[C@H](Cc1ccc(O)cc1)NC(=O)[C@@H](N)CS)C(C)C)C(=O)N[C@@H](CC(N)=O)C(=O)N[C@@H](CS)C(=O)O. The molecule has 76 heavy (non-hydrogen) atoms. The second-order valence-corrected chi connectivity index (χ2v) is 20.2. The molecule has 18 N–H and O–H groups in total. The largest absolute Gasteiger partial charge is 0.508 e. The van der Waals surface area contributed by atoms with Crippen LogP contribution in [0.25, 0.3) is 0 Å². The van der Waals surface area contributed by atoms with Gasteiger partial charge < -0.3 is 80.4 Å². The highest BCUT2D eigenvalue weighted by Gasteiger charge is 2.36. The molecule has 0 spiro atoms. The van der Waals surface area contributed by atoms with E-state index in [0.717, 1.165) is 0 Å². The Hall–Kier alpha value is -6.23. The van der Waals surface area contributed by atoms with E-state index >= 15 is 0 Å². The van der Waals surface area contributed by atoms with Crippen LogP contribution in [0.1, 0.15) is 92.6 Å². The van der Waals surface area contributed by atoms with E-state index in [1.54, 1.807) is 53.7 Å². The fourth-order valence-electron chi connectivity index (χ4n) is 7.21. The third kappa shape index (κ3) is 24.6. The molecule has 0 aliphatic rings. The van der Waals surface area contributed by atoms with Gasteiger partial charge in [-0.3, -0.25) is 47.9 Å². The van der Waals surface area contributed by atoms with Crippen LogP contribution in [0.4, 0.5) is 0 Å². The van der Waals surface area contributed by atoms with Crippen LogP contribution in [0.3, 0.4) is 0 Å². The number of phenols is 1. The van der Waals surface area contributed by atoms with Crippen molar-refractivity contribution < 1.29 is 68.1 Å². The van der Waals surface area contributed by atoms with Gasteiger partial charge in [-0.05, 0) is 81.0 Å². The lowest BCUT2D eigenvalue weighted by atomic mass is 9.99. The molecule has 0 fully saturated rings. The van der Waals surface area contributed by atoms with Gasteiger partial charge >= 0.3 is 5.97 Å². The predicted octanol–water partition coefficient (Wildman–Crippen LogP) is -3.67. The van der Waals surface area contributed by atoms with Crippen LogP contribution in [0.15, 0.2) is 24.3 Å². The second-order valence-electron chi connectivity index (χ2n) is 19.5. The monoisotopic (exact) mass is 1110 g/mol. The summed E-state index contributed by atoms with van der Waals surface area (Å²) in [5.41, 5.74) is 17.4. The Labute approximate surface area is 453 Å². The third-order valence-electron chi connectivity index (χ3n) is 11.5. The van der Waals surface area contributed by atoms with Crippen molar-refractivity contribution in [3.05, 3.63) is 29.8 Å². The highest BCUT2D eigenvalue weighted by atomic mass is 32.1. The molecule has 0 saturated carbocycles. The number of aromatic hydroxyl groups is 1. The summed E-state index contributed by atoms with van der Waals surface area (Å²) in [5, 5.41) is 51.7. The molecule has 28 heteroatoms. The zero-order valence-corrected chi connectivity index (χ0v) is 45.8. The number of aliphatic hydroxyl groups is 1. The first-order valence-electron chi connectivity index (χ1n) is 24.9. The van der Waals surface area contributed by atoms with Gasteiger partial charge in [0.25, 0.3) is 0 Å². The van der Waals surface area contributed by atoms with Crippen molar-refractivity contribution in [3.8, 4) is 5.75 Å². The van der Waals surface area contributed by atoms with E-state index in [1.807, 2.05) is 0 Å². The number of hydrogen-bond acceptors (Lipinski definition) is 17. The first-order valence-corrected chi connectivity index (χ1v) is 26.2. The number of rotatable bonds is 35. The fraction of sp³-hybridized carbons (Fsp3) is 0.646. The van der Waals surface area contributed by atoms with E-state index in [4.69, 9.17) is 17.2 Å². The van der Waals surface area contributed by atoms with Crippen molar-refractivity contribution in [3.63, 3.8) is 0 Å². The number of carbonyl (C=O) groups excluding carboxylic acids is 10. The minimum atomic E-state index is -1.70. The Morgan fingerprint density at radius 3 is 1.46 bits per heavy atom. The van der Waals surface area contributed by atoms with E-state index in [2.05, 4.69) is 73.1 Å². The van der Waals surface area contributed by atoms with E-state index in [-0.39, 0.29) is 61.3 Å². The molecule has 0 radical (unpaired) electrons. The Bertz CT molecular complexity index is 2140. The number of aliphatic carboxylic acids is 1. The van der Waals surface area contributed by atoms with Crippen LogP contribution in [0, 0.1) is 17.8 Å². The van der Waals surface area contributed by atoms with Crippen molar-refractivity contribution in [1.82, 2.24) is 47.9 Å². The van der Waals surface area contributed by atoms with Gasteiger partial charge in [0.15, 0.2) is 0 Å². The molecule has 0 bridgehead atoms. The van der Waals surface area contributed by atoms with Crippen LogP contribution >= 0.6 is 25.3 Å². The van der Waals surface area contributed by atoms with Crippen LogP contribution < -0.4 is 65.1 Å². The average molecular weight is 1110 g/mol. The summed E-state index contributed by atoms with van der Waals surface area (Å²) in [6.07, 6.45) is 0.0272.